The van der Waals surface area contributed by atoms with Crippen LogP contribution in [0.4, 0.5) is 11.6 Å². The molecule has 0 saturated carbocycles. The molecule has 0 saturated heterocycles. The number of benzene rings is 4. The molecule has 6 aromatic rings. The van der Waals surface area contributed by atoms with E-state index in [0.29, 0.717) is 115 Å². The number of carboxylic acids is 1. The van der Waals surface area contributed by atoms with Crippen molar-refractivity contribution in [2.24, 2.45) is 20.0 Å². The first kappa shape index (κ1) is 113. The van der Waals surface area contributed by atoms with Crippen LogP contribution in [-0.2, 0) is 35.9 Å². The summed E-state index contributed by atoms with van der Waals surface area (Å²) in [6.07, 6.45) is -0.398. The van der Waals surface area contributed by atoms with Crippen LogP contribution >= 0.6 is 38.6 Å². The minimum atomic E-state index is -7.38. The topological polar surface area (TPSA) is 437 Å². The minimum Gasteiger partial charge on any atom is 1.00 e. The van der Waals surface area contributed by atoms with E-state index in [1.165, 1.54) is 0 Å². The zero-order chi connectivity index (χ0) is 72.3. The molecule has 1 spiro atoms. The predicted octanol–water partition coefficient (Wildman–Crippen LogP) is -29.0. The molecule has 8 heterocycles. The van der Waals surface area contributed by atoms with Crippen molar-refractivity contribution in [3.8, 4) is 0 Å². The molecule has 6 aliphatic heterocycles. The Morgan fingerprint density at radius 2 is 0.773 bits per heavy atom. The molecule has 0 radical (unpaired) electrons. The average molecular weight is 1750 g/mol. The molecule has 0 aliphatic carbocycles. The van der Waals surface area contributed by atoms with E-state index in [1.807, 2.05) is 97.1 Å². The van der Waals surface area contributed by atoms with E-state index in [-0.39, 0.29) is 371 Å². The van der Waals surface area contributed by atoms with Crippen molar-refractivity contribution < 1.29 is 403 Å². The van der Waals surface area contributed by atoms with Gasteiger partial charge in [-0.3, -0.25) is 0 Å². The smallest absolute Gasteiger partial charge is 1.00 e. The van der Waals surface area contributed by atoms with Gasteiger partial charge in [-0.25, -0.2) is 0 Å². The van der Waals surface area contributed by atoms with Crippen molar-refractivity contribution >= 4 is 126 Å². The van der Waals surface area contributed by atoms with Gasteiger partial charge in [0.1, 0.15) is 0 Å². The molecule has 0 bridgehead atoms. The summed E-state index contributed by atoms with van der Waals surface area (Å²) in [6, 6.07) is 32.5. The summed E-state index contributed by atoms with van der Waals surface area (Å²) in [5, 5.41) is 14.5. The van der Waals surface area contributed by atoms with Crippen LogP contribution in [0.3, 0.4) is 0 Å². The van der Waals surface area contributed by atoms with Gasteiger partial charge in [0.25, 0.3) is 0 Å². The molecule has 0 fully saturated rings. The van der Waals surface area contributed by atoms with Crippen molar-refractivity contribution in [3.63, 3.8) is 0 Å². The van der Waals surface area contributed by atoms with Gasteiger partial charge >= 0.3 is 856 Å². The maximum absolute atomic E-state index is 12.3. The molecule has 542 valence electrons. The number of carboxylic acid groups (broad SMARTS) is 1. The van der Waals surface area contributed by atoms with E-state index in [1.54, 1.807) is 0 Å². The van der Waals surface area contributed by atoms with Crippen LogP contribution in [0.25, 0.3) is 21.5 Å². The largest absolute Gasteiger partial charge is 1.00 e. The van der Waals surface area contributed by atoms with Crippen molar-refractivity contribution in [2.45, 2.75) is 109 Å². The number of hydrogen-bond acceptors (Lipinski definition) is 22. The number of unbranched alkanes of at least 4 members (excludes halogenated alkanes) is 2. The maximum Gasteiger partial charge on any atom is 1.00 e. The molecule has 12 rings (SSSR count). The molecule has 2 unspecified atom stereocenters. The maximum atomic E-state index is 12.3. The standard InChI is InChI=1S/C63H88N10O16P4Si3.10Na.HO3P/c1-6-33-72(35-18-41-90(76,77)78,34-17-7-8-32-55(74)75)39-22-45-94(2,3)88-96(89-95(4,5)46-23-40-73(36-19-42-91(79,80)81,37-20-43-92(82,83)84)38-21-44-93(85,86)87)68-56-47-24-9-10-25-48(47)57(68)65-59-51-28-13-14-29-52(51)61(70(59)96)67-63-54-31-16-15-30-53(54)62(71(63)96)66-60-50-27-12-11-26-49(50)58(64-56)69(60)96;;;;;;;;;;;1-4(2)3/h9-16,24-31H,1,6-8,17-23,32-46H2,2-5H3,(H8-,74,75,76,77,78,79,80,81,82,83,84,85,86,87);;;;;;;;;;;(H,1,2,3)/q;10*+1;/p-8. The Morgan fingerprint density at radius 1 is 0.473 bits per heavy atom. The fourth-order valence-corrected chi connectivity index (χ4v) is 41.3. The van der Waals surface area contributed by atoms with E-state index in [0.717, 1.165) is 43.8 Å². The van der Waals surface area contributed by atoms with Crippen LogP contribution in [0, 0.1) is 6.92 Å². The van der Waals surface area contributed by atoms with Gasteiger partial charge in [0.05, 0.1) is 0 Å². The van der Waals surface area contributed by atoms with Crippen molar-refractivity contribution in [2.75, 3.05) is 77.0 Å². The monoisotopic (exact) mass is 1750 g/mol. The Labute approximate surface area is 865 Å². The third-order valence-corrected chi connectivity index (χ3v) is 40.5. The number of aromatic nitrogens is 2. The summed E-state index contributed by atoms with van der Waals surface area (Å²) < 4.78 is 85.4. The van der Waals surface area contributed by atoms with Gasteiger partial charge in [-0.15, -0.1) is 0 Å². The van der Waals surface area contributed by atoms with Crippen LogP contribution < -0.4 is 356 Å². The first-order valence-corrected chi connectivity index (χ1v) is 50.5. The molecule has 6 aliphatic rings. The van der Waals surface area contributed by atoms with Crippen LogP contribution in [0.1, 0.15) is 92.9 Å². The number of nitrogens with zero attached hydrogens (tertiary/aromatic N) is 10. The third kappa shape index (κ3) is 23.3. The number of hydrogen-bond donors (Lipinski definition) is 1. The van der Waals surface area contributed by atoms with E-state index < -0.39 is 93.7 Å². The number of quaternary nitrogens is 2. The predicted molar refractivity (Wildman–Crippen MR) is 364 cm³/mol. The first-order valence-electron chi connectivity index (χ1n) is 33.6. The fourth-order valence-electron chi connectivity index (χ4n) is 16.9. The SMILES string of the molecule is O=[P+]([O-])O.[CH2-]CC[N+](CCCCCC(=O)[O-])(CCC[Si](C)(C)O[Si-2]123(O[Si](C)(C)CCC[N+](CCCP(=O)([O-])[O-])(CCCP(=O)([O-])[O-])CCCP(=O)([O-])[O-])n4c5c6ccccc6c4N=C4c6ccccc6C(=[N+]41)N=c1c4ccccc4c(n12)=NC1=[N+]3C(=N5)c2ccccc21)CCCP(=O)([O-])[O-].[Na+].[Na+].[Na+].[Na+].[Na+].[Na+].[Na+].[Na+].[Na+].[Na+]. The summed E-state index contributed by atoms with van der Waals surface area (Å²) in [6.45, 7) is 14.9. The van der Waals surface area contributed by atoms with Gasteiger partial charge in [-0.2, -0.15) is 4.89 Å². The van der Waals surface area contributed by atoms with Crippen molar-refractivity contribution in [1.82, 2.24) is 8.47 Å². The summed E-state index contributed by atoms with van der Waals surface area (Å²) in [7, 11) is -38.0. The molecule has 29 nitrogen and oxygen atoms in total. The zero-order valence-electron chi connectivity index (χ0n) is 66.1. The second-order valence-corrected chi connectivity index (χ2v) is 49.8. The number of carbonyl (C=O) groups excluding carboxylic acids is 1. The molecule has 4 aromatic carbocycles. The van der Waals surface area contributed by atoms with Crippen LogP contribution in [0.15, 0.2) is 117 Å². The second-order valence-electron chi connectivity index (χ2n) is 28.4. The molecule has 0 amide bonds. The Bertz CT molecular complexity index is 4590. The summed E-state index contributed by atoms with van der Waals surface area (Å²) in [5.74, 6) is 1.80. The van der Waals surface area contributed by atoms with E-state index >= 15 is 0 Å². The number of rotatable bonds is 36. The van der Waals surface area contributed by atoms with Gasteiger partial charge in [-0.05, 0) is 4.57 Å². The van der Waals surface area contributed by atoms with E-state index in [9.17, 15) is 75.5 Å². The summed E-state index contributed by atoms with van der Waals surface area (Å²) in [5.41, 5.74) is 3.95. The Morgan fingerprint density at radius 3 is 1.10 bits per heavy atom. The number of aliphatic carboxylic acids is 1. The van der Waals surface area contributed by atoms with Gasteiger partial charge in [-0.1, -0.05) is 0 Å². The average Bonchev–Trinajstić information content (AvgIpc) is 1.30. The van der Waals surface area contributed by atoms with Gasteiger partial charge in [0.15, 0.2) is 0 Å². The summed E-state index contributed by atoms with van der Waals surface area (Å²) in [4.78, 5) is 148. The van der Waals surface area contributed by atoms with Gasteiger partial charge < -0.3 is 14.8 Å². The van der Waals surface area contributed by atoms with Gasteiger partial charge in [0, 0.05) is 0 Å². The third-order valence-electron chi connectivity index (χ3n) is 20.3. The number of fused-ring (bicyclic) bond motifs is 12. The van der Waals surface area contributed by atoms with Gasteiger partial charge in [0.2, 0.25) is 0 Å². The Hall–Kier alpha value is 4.82. The molecular formula is C63H81N10Na10O19P5Si3+2. The first-order chi connectivity index (χ1) is 46.9. The van der Waals surface area contributed by atoms with Crippen molar-refractivity contribution in [1.29, 1.82) is 0 Å². The summed E-state index contributed by atoms with van der Waals surface area (Å²) >= 11 is 0. The van der Waals surface area contributed by atoms with Crippen LogP contribution in [0.5, 0.6) is 0 Å². The van der Waals surface area contributed by atoms with E-state index in [2.05, 4.69) is 50.1 Å². The number of amidine groups is 4. The molecular weight excluding hydrogens is 1670 g/mol. The molecule has 110 heavy (non-hydrogen) atoms. The molecule has 2 atom stereocenters. The fraction of sp³-hybridized carbons (Fsp3) is 0.460. The van der Waals surface area contributed by atoms with Crippen LogP contribution in [-0.4, -0.2) is 162 Å². The van der Waals surface area contributed by atoms with E-state index in [4.69, 9.17) is 34.3 Å². The Kier molecular flexibility index (Phi) is 45.4. The zero-order valence-corrected chi connectivity index (χ0v) is 93.6. The number of aliphatic imine (C=N–C) groups is 2. The Balaban J connectivity index is 0.00000422. The quantitative estimate of drug-likeness (QED) is 0.0125. The molecule has 2 aromatic heterocycles. The molecule has 1 N–H and O–H groups in total. The van der Waals surface area contributed by atoms with Crippen molar-refractivity contribution in [3.05, 3.63) is 137 Å². The molecule has 47 heteroatoms. The normalized spacial score (nSPS) is 16.5. The second kappa shape index (κ2) is 44.3. The van der Waals surface area contributed by atoms with Crippen LogP contribution in [0.2, 0.25) is 38.3 Å². The minimum absolute atomic E-state index is 0. The number of carbonyl (C=O) groups is 1.